The molecule has 5 nitrogen and oxygen atoms in total. The number of nitrogens with zero attached hydrogens (tertiary/aromatic N) is 3. The molecule has 2 atom stereocenters. The number of carbonyl (C=O) groups excluding carboxylic acids is 2. The molecule has 2 amide bonds. The molecule has 1 aliphatic carbocycles. The van der Waals surface area contributed by atoms with Gasteiger partial charge in [0.2, 0.25) is 5.91 Å². The van der Waals surface area contributed by atoms with Crippen LogP contribution in [0.1, 0.15) is 90.5 Å². The smallest absolute Gasteiger partial charge is 0.254 e. The number of likely N-dealkylation sites (tertiary alicyclic amines) is 2. The third-order valence-corrected chi connectivity index (χ3v) is 9.82. The second kappa shape index (κ2) is 10.1. The molecule has 3 fully saturated rings. The Kier molecular flexibility index (Phi) is 6.68. The largest absolute Gasteiger partial charge is 0.342 e. The lowest BCUT2D eigenvalue weighted by Gasteiger charge is -2.46. The standard InChI is InChI=1S/C29H37N3O2S/c33-28-24-12-5-4-11-23(24)26(27(25-13-8-20-35-25)32(28)22-9-2-3-10-22)29(34)31-18-14-21(15-19-31)30-16-6-1-7-17-30/h4-5,8,11-13,20-22,26-27H,1-3,6-7,9-10,14-19H2/t26-,27+/m1/s1. The molecule has 1 aromatic carbocycles. The van der Waals surface area contributed by atoms with Crippen molar-refractivity contribution in [1.29, 1.82) is 0 Å². The number of rotatable bonds is 4. The zero-order valence-electron chi connectivity index (χ0n) is 20.6. The zero-order valence-corrected chi connectivity index (χ0v) is 21.4. The summed E-state index contributed by atoms with van der Waals surface area (Å²) in [7, 11) is 0. The van der Waals surface area contributed by atoms with Crippen LogP contribution in [0.5, 0.6) is 0 Å². The molecule has 1 saturated carbocycles. The first-order chi connectivity index (χ1) is 17.2. The second-order valence-electron chi connectivity index (χ2n) is 10.8. The van der Waals surface area contributed by atoms with Gasteiger partial charge in [0.1, 0.15) is 0 Å². The highest BCUT2D eigenvalue weighted by Crippen LogP contribution is 2.48. The maximum absolute atomic E-state index is 14.4. The second-order valence-corrected chi connectivity index (χ2v) is 11.8. The number of benzene rings is 1. The Morgan fingerprint density at radius 3 is 2.26 bits per heavy atom. The first-order valence-corrected chi connectivity index (χ1v) is 14.6. The van der Waals surface area contributed by atoms with Gasteiger partial charge in [0.15, 0.2) is 0 Å². The number of thiophene rings is 1. The van der Waals surface area contributed by atoms with Crippen LogP contribution >= 0.6 is 11.3 Å². The number of amides is 2. The molecule has 0 radical (unpaired) electrons. The minimum Gasteiger partial charge on any atom is -0.342 e. The topological polar surface area (TPSA) is 43.9 Å². The van der Waals surface area contributed by atoms with Gasteiger partial charge in [-0.05, 0) is 74.7 Å². The summed E-state index contributed by atoms with van der Waals surface area (Å²) < 4.78 is 0. The summed E-state index contributed by atoms with van der Waals surface area (Å²) >= 11 is 1.68. The summed E-state index contributed by atoms with van der Waals surface area (Å²) in [6.07, 6.45) is 10.5. The lowest BCUT2D eigenvalue weighted by atomic mass is 9.80. The van der Waals surface area contributed by atoms with Crippen LogP contribution in [0.25, 0.3) is 0 Å². The van der Waals surface area contributed by atoms with E-state index in [1.807, 2.05) is 24.3 Å². The van der Waals surface area contributed by atoms with E-state index < -0.39 is 0 Å². The Morgan fingerprint density at radius 1 is 0.800 bits per heavy atom. The van der Waals surface area contributed by atoms with Gasteiger partial charge >= 0.3 is 0 Å². The molecule has 0 spiro atoms. The van der Waals surface area contributed by atoms with Gasteiger partial charge in [-0.3, -0.25) is 9.59 Å². The van der Waals surface area contributed by atoms with E-state index in [1.54, 1.807) is 11.3 Å². The number of carbonyl (C=O) groups is 2. The van der Waals surface area contributed by atoms with E-state index in [4.69, 9.17) is 0 Å². The summed E-state index contributed by atoms with van der Waals surface area (Å²) in [5.74, 6) is -0.00288. The molecular weight excluding hydrogens is 454 g/mol. The Hall–Kier alpha value is -2.18. The van der Waals surface area contributed by atoms with Crippen molar-refractivity contribution < 1.29 is 9.59 Å². The van der Waals surface area contributed by atoms with Crippen LogP contribution < -0.4 is 0 Å². The molecule has 2 saturated heterocycles. The van der Waals surface area contributed by atoms with E-state index in [-0.39, 0.29) is 29.8 Å². The number of hydrogen-bond acceptors (Lipinski definition) is 4. The van der Waals surface area contributed by atoms with E-state index in [9.17, 15) is 9.59 Å². The van der Waals surface area contributed by atoms with E-state index in [0.717, 1.165) is 67.6 Å². The maximum Gasteiger partial charge on any atom is 0.254 e. The summed E-state index contributed by atoms with van der Waals surface area (Å²) in [4.78, 5) is 36.3. The van der Waals surface area contributed by atoms with E-state index >= 15 is 0 Å². The normalized spacial score (nSPS) is 26.8. The molecule has 2 aromatic rings. The third-order valence-electron chi connectivity index (χ3n) is 8.88. The first kappa shape index (κ1) is 23.2. The Morgan fingerprint density at radius 2 is 1.54 bits per heavy atom. The van der Waals surface area contributed by atoms with Crippen LogP contribution in [0.15, 0.2) is 41.8 Å². The summed E-state index contributed by atoms with van der Waals surface area (Å²) in [5.41, 5.74) is 1.65. The van der Waals surface area contributed by atoms with Gasteiger partial charge < -0.3 is 14.7 Å². The average Bonchev–Trinajstić information content (AvgIpc) is 3.64. The quantitative estimate of drug-likeness (QED) is 0.571. The lowest BCUT2D eigenvalue weighted by Crippen LogP contribution is -2.53. The maximum atomic E-state index is 14.4. The highest BCUT2D eigenvalue weighted by atomic mass is 32.1. The van der Waals surface area contributed by atoms with Gasteiger partial charge in [0.05, 0.1) is 12.0 Å². The van der Waals surface area contributed by atoms with Gasteiger partial charge in [-0.15, -0.1) is 11.3 Å². The highest BCUT2D eigenvalue weighted by Gasteiger charge is 2.48. The van der Waals surface area contributed by atoms with Crippen molar-refractivity contribution in [2.45, 2.75) is 81.8 Å². The zero-order chi connectivity index (χ0) is 23.8. The summed E-state index contributed by atoms with van der Waals surface area (Å²) in [6, 6.07) is 12.7. The number of piperidine rings is 2. The predicted octanol–water partition coefficient (Wildman–Crippen LogP) is 5.45. The Balaban J connectivity index is 1.32. The van der Waals surface area contributed by atoms with Crippen molar-refractivity contribution in [2.24, 2.45) is 0 Å². The summed E-state index contributed by atoms with van der Waals surface area (Å²) in [5, 5.41) is 2.08. The molecular formula is C29H37N3O2S. The molecule has 6 heteroatoms. The van der Waals surface area contributed by atoms with E-state index in [0.29, 0.717) is 6.04 Å². The van der Waals surface area contributed by atoms with Gasteiger partial charge in [-0.25, -0.2) is 0 Å². The first-order valence-electron chi connectivity index (χ1n) is 13.7. The van der Waals surface area contributed by atoms with Gasteiger partial charge in [-0.2, -0.15) is 0 Å². The monoisotopic (exact) mass is 491 g/mol. The summed E-state index contributed by atoms with van der Waals surface area (Å²) in [6.45, 7) is 4.08. The fourth-order valence-corrected chi connectivity index (χ4v) is 7.96. The average molecular weight is 492 g/mol. The van der Waals surface area contributed by atoms with Crippen molar-refractivity contribution in [3.63, 3.8) is 0 Å². The van der Waals surface area contributed by atoms with Crippen LogP contribution in [0.4, 0.5) is 0 Å². The lowest BCUT2D eigenvalue weighted by molar-refractivity contribution is -0.136. The van der Waals surface area contributed by atoms with Crippen molar-refractivity contribution in [3.05, 3.63) is 57.8 Å². The molecule has 0 bridgehead atoms. The van der Waals surface area contributed by atoms with Crippen molar-refractivity contribution in [2.75, 3.05) is 26.2 Å². The molecule has 4 heterocycles. The third kappa shape index (κ3) is 4.33. The van der Waals surface area contributed by atoms with E-state index in [1.165, 1.54) is 32.4 Å². The van der Waals surface area contributed by atoms with Crippen LogP contribution in [0.2, 0.25) is 0 Å². The van der Waals surface area contributed by atoms with Crippen molar-refractivity contribution in [3.8, 4) is 0 Å². The predicted molar refractivity (Wildman–Crippen MR) is 140 cm³/mol. The fraction of sp³-hybridized carbons (Fsp3) is 0.586. The number of hydrogen-bond donors (Lipinski definition) is 0. The fourth-order valence-electron chi connectivity index (χ4n) is 7.10. The molecule has 1 aromatic heterocycles. The van der Waals surface area contributed by atoms with Crippen LogP contribution in [0.3, 0.4) is 0 Å². The van der Waals surface area contributed by atoms with Gasteiger partial charge in [0.25, 0.3) is 5.91 Å². The number of fused-ring (bicyclic) bond motifs is 1. The molecule has 186 valence electrons. The molecule has 4 aliphatic rings. The van der Waals surface area contributed by atoms with Crippen LogP contribution in [-0.4, -0.2) is 64.8 Å². The van der Waals surface area contributed by atoms with Crippen LogP contribution in [0, 0.1) is 0 Å². The van der Waals surface area contributed by atoms with E-state index in [2.05, 4.69) is 32.2 Å². The highest BCUT2D eigenvalue weighted by molar-refractivity contribution is 7.10. The van der Waals surface area contributed by atoms with Crippen LogP contribution in [-0.2, 0) is 4.79 Å². The Bertz CT molecular complexity index is 1030. The molecule has 0 unspecified atom stereocenters. The molecule has 3 aliphatic heterocycles. The Labute approximate surface area is 213 Å². The minimum absolute atomic E-state index is 0.110. The van der Waals surface area contributed by atoms with Gasteiger partial charge in [-0.1, -0.05) is 43.5 Å². The minimum atomic E-state index is -0.324. The van der Waals surface area contributed by atoms with Crippen molar-refractivity contribution in [1.82, 2.24) is 14.7 Å². The van der Waals surface area contributed by atoms with Crippen molar-refractivity contribution >= 4 is 23.2 Å². The SMILES string of the molecule is O=C([C@@H]1c2ccccc2C(=O)N(C2CCCC2)[C@H]1c1cccs1)N1CCC(N2CCCCC2)CC1. The molecule has 6 rings (SSSR count). The van der Waals surface area contributed by atoms with Gasteiger partial charge in [0, 0.05) is 35.6 Å². The molecule has 35 heavy (non-hydrogen) atoms. The molecule has 0 N–H and O–H groups in total.